The summed E-state index contributed by atoms with van der Waals surface area (Å²) in [5, 5.41) is 0. The minimum absolute atomic E-state index is 0.207. The van der Waals surface area contributed by atoms with Crippen molar-refractivity contribution in [2.45, 2.75) is 90.6 Å². The highest BCUT2D eigenvalue weighted by Gasteiger charge is 2.53. The average Bonchev–Trinajstić information content (AvgIpc) is 3.12. The molecule has 0 bridgehead atoms. The first-order chi connectivity index (χ1) is 25.5. The molecule has 0 aromatic heterocycles. The number of nitrogens with zero attached hydrogens (tertiary/aromatic N) is 2. The highest BCUT2D eigenvalue weighted by atomic mass is 32.2. The molecule has 4 nitrogen and oxygen atoms in total. The third-order valence-electron chi connectivity index (χ3n) is 11.4. The van der Waals surface area contributed by atoms with Gasteiger partial charge in [-0.25, -0.2) is 0 Å². The van der Waals surface area contributed by atoms with E-state index in [4.69, 9.17) is 9.47 Å². The van der Waals surface area contributed by atoms with Gasteiger partial charge in [-0.05, 0) is 97.8 Å². The van der Waals surface area contributed by atoms with E-state index < -0.39 is 5.79 Å². The van der Waals surface area contributed by atoms with Crippen molar-refractivity contribution in [3.8, 4) is 11.5 Å². The zero-order valence-corrected chi connectivity index (χ0v) is 32.6. The molecule has 264 valence electrons. The van der Waals surface area contributed by atoms with E-state index in [9.17, 15) is 0 Å². The Hall–Kier alpha value is -4.78. The summed E-state index contributed by atoms with van der Waals surface area (Å²) in [5.41, 5.74) is 11.6. The van der Waals surface area contributed by atoms with Crippen LogP contribution < -0.4 is 19.3 Å². The molecule has 6 aromatic carbocycles. The maximum absolute atomic E-state index is 7.17. The fraction of sp³-hybridized carbons (Fsp3) is 0.234. The maximum atomic E-state index is 7.17. The van der Waals surface area contributed by atoms with Crippen molar-refractivity contribution in [3.63, 3.8) is 0 Å². The number of hydrogen-bond donors (Lipinski definition) is 0. The van der Waals surface area contributed by atoms with Gasteiger partial charge < -0.3 is 19.3 Å². The first kappa shape index (κ1) is 32.8. The topological polar surface area (TPSA) is 24.9 Å². The van der Waals surface area contributed by atoms with Crippen LogP contribution in [0.3, 0.4) is 0 Å². The second-order valence-corrected chi connectivity index (χ2v) is 18.4. The summed E-state index contributed by atoms with van der Waals surface area (Å²) in [7, 11) is 0. The molecule has 0 aliphatic carbocycles. The molecule has 0 atom stereocenters. The van der Waals surface area contributed by atoms with Gasteiger partial charge in [0.05, 0.1) is 22.7 Å². The molecule has 0 amide bonds. The minimum Gasteiger partial charge on any atom is -0.452 e. The molecule has 6 aromatic rings. The van der Waals surface area contributed by atoms with Crippen LogP contribution in [0.5, 0.6) is 11.5 Å². The van der Waals surface area contributed by atoms with Crippen molar-refractivity contribution >= 4 is 57.6 Å². The smallest absolute Gasteiger partial charge is 0.252 e. The summed E-state index contributed by atoms with van der Waals surface area (Å²) in [4.78, 5) is 9.93. The molecule has 0 saturated carbocycles. The first-order valence-corrected chi connectivity index (χ1v) is 20.1. The van der Waals surface area contributed by atoms with Crippen LogP contribution in [0.4, 0.5) is 34.1 Å². The fourth-order valence-electron chi connectivity index (χ4n) is 9.14. The number of aryl methyl sites for hydroxylation is 2. The standard InChI is InChI=1S/C47H42N2O2S2/c1-29-23-39-31(25-37(29)48-33-15-7-11-19-41(33)52-42-20-12-8-16-34(42)48)45(3,4)27-47(50-39)28-46(5,6)32-26-38(30(2)24-40(32)51-47)49-35-17-9-13-21-43(35)53-44-22-14-10-18-36(44)49/h7-26H,27-28H2,1-6H3. The van der Waals surface area contributed by atoms with Crippen molar-refractivity contribution in [1.29, 1.82) is 0 Å². The van der Waals surface area contributed by atoms with Crippen molar-refractivity contribution in [2.75, 3.05) is 9.80 Å². The van der Waals surface area contributed by atoms with Crippen LogP contribution in [0.1, 0.15) is 62.8 Å². The Morgan fingerprint density at radius 3 is 1.11 bits per heavy atom. The Kier molecular flexibility index (Phi) is 7.19. The highest BCUT2D eigenvalue weighted by Crippen LogP contribution is 2.59. The van der Waals surface area contributed by atoms with Gasteiger partial charge in [-0.1, -0.05) is 99.7 Å². The zero-order valence-electron chi connectivity index (χ0n) is 31.0. The molecule has 0 radical (unpaired) electrons. The summed E-state index contributed by atoms with van der Waals surface area (Å²) in [6.45, 7) is 13.8. The summed E-state index contributed by atoms with van der Waals surface area (Å²) >= 11 is 3.68. The molecule has 0 fully saturated rings. The predicted molar refractivity (Wildman–Crippen MR) is 219 cm³/mol. The Bertz CT molecular complexity index is 2220. The number of para-hydroxylation sites is 4. The van der Waals surface area contributed by atoms with Crippen LogP contribution in [-0.2, 0) is 10.8 Å². The molecular weight excluding hydrogens is 689 g/mol. The fourth-order valence-corrected chi connectivity index (χ4v) is 11.3. The highest BCUT2D eigenvalue weighted by molar-refractivity contribution is 8.00. The van der Waals surface area contributed by atoms with Crippen LogP contribution >= 0.6 is 23.5 Å². The van der Waals surface area contributed by atoms with E-state index in [0.717, 1.165) is 24.3 Å². The van der Waals surface area contributed by atoms with Crippen LogP contribution in [-0.4, -0.2) is 5.79 Å². The Balaban J connectivity index is 1.04. The molecule has 1 spiro atoms. The predicted octanol–water partition coefficient (Wildman–Crippen LogP) is 13.7. The average molecular weight is 731 g/mol. The van der Waals surface area contributed by atoms with Crippen LogP contribution in [0.2, 0.25) is 0 Å². The third-order valence-corrected chi connectivity index (χ3v) is 13.7. The van der Waals surface area contributed by atoms with E-state index >= 15 is 0 Å². The van der Waals surface area contributed by atoms with Gasteiger partial charge in [0.2, 0.25) is 0 Å². The monoisotopic (exact) mass is 730 g/mol. The third kappa shape index (κ3) is 5.13. The van der Waals surface area contributed by atoms with Crippen molar-refractivity contribution in [2.24, 2.45) is 0 Å². The molecular formula is C47H42N2O2S2. The normalized spacial score (nSPS) is 18.0. The molecule has 4 heterocycles. The van der Waals surface area contributed by atoms with E-state index in [2.05, 4.69) is 173 Å². The number of ether oxygens (including phenoxy) is 2. The van der Waals surface area contributed by atoms with Crippen LogP contribution in [0.15, 0.2) is 141 Å². The SMILES string of the molecule is Cc1cc2c(cc1N1c3ccccc3Sc3ccccc31)C(C)(C)CC1(CC(C)(C)c3cc(N4c5ccccc5Sc5ccccc54)c(C)cc3O1)O2. The van der Waals surface area contributed by atoms with E-state index in [1.165, 1.54) is 76.0 Å². The Labute approximate surface area is 321 Å². The number of rotatable bonds is 2. The largest absolute Gasteiger partial charge is 0.452 e. The maximum Gasteiger partial charge on any atom is 0.252 e. The lowest BCUT2D eigenvalue weighted by Gasteiger charge is -2.52. The summed E-state index contributed by atoms with van der Waals surface area (Å²) < 4.78 is 14.3. The molecule has 53 heavy (non-hydrogen) atoms. The van der Waals surface area contributed by atoms with Gasteiger partial charge in [-0.15, -0.1) is 0 Å². The number of anilines is 6. The van der Waals surface area contributed by atoms with Gasteiger partial charge in [0.1, 0.15) is 11.5 Å². The molecule has 4 aliphatic rings. The molecule has 10 rings (SSSR count). The van der Waals surface area contributed by atoms with E-state index in [0.29, 0.717) is 0 Å². The van der Waals surface area contributed by atoms with Gasteiger partial charge in [0.25, 0.3) is 5.79 Å². The lowest BCUT2D eigenvalue weighted by molar-refractivity contribution is -0.166. The first-order valence-electron chi connectivity index (χ1n) is 18.5. The van der Waals surface area contributed by atoms with Gasteiger partial charge in [-0.3, -0.25) is 0 Å². The summed E-state index contributed by atoms with van der Waals surface area (Å²) in [5.74, 6) is 1.04. The number of benzene rings is 6. The van der Waals surface area contributed by atoms with Crippen LogP contribution in [0.25, 0.3) is 0 Å². The van der Waals surface area contributed by atoms with Crippen molar-refractivity contribution in [1.82, 2.24) is 0 Å². The zero-order chi connectivity index (χ0) is 36.3. The minimum atomic E-state index is -0.795. The molecule has 0 unspecified atom stereocenters. The summed E-state index contributed by atoms with van der Waals surface area (Å²) in [6, 6.07) is 44.2. The molecule has 0 saturated heterocycles. The van der Waals surface area contributed by atoms with Gasteiger partial charge >= 0.3 is 0 Å². The van der Waals surface area contributed by atoms with E-state index in [1.807, 2.05) is 23.5 Å². The number of fused-ring (bicyclic) bond motifs is 6. The molecule has 6 heteroatoms. The number of hydrogen-bond acceptors (Lipinski definition) is 6. The van der Waals surface area contributed by atoms with E-state index in [-0.39, 0.29) is 10.8 Å². The second-order valence-electron chi connectivity index (χ2n) is 16.3. The Morgan fingerprint density at radius 1 is 0.453 bits per heavy atom. The lowest BCUT2D eigenvalue weighted by atomic mass is 9.69. The van der Waals surface area contributed by atoms with Gasteiger partial charge in [-0.2, -0.15) is 0 Å². The Morgan fingerprint density at radius 2 is 0.774 bits per heavy atom. The van der Waals surface area contributed by atoms with Crippen molar-refractivity contribution in [3.05, 3.63) is 144 Å². The van der Waals surface area contributed by atoms with Gasteiger partial charge in [0.15, 0.2) is 0 Å². The van der Waals surface area contributed by atoms with E-state index in [1.54, 1.807) is 0 Å². The van der Waals surface area contributed by atoms with Crippen molar-refractivity contribution < 1.29 is 9.47 Å². The molecule has 0 N–H and O–H groups in total. The van der Waals surface area contributed by atoms with Gasteiger partial charge in [0, 0.05) is 65.8 Å². The molecule has 4 aliphatic heterocycles. The second kappa shape index (κ2) is 11.6. The van der Waals surface area contributed by atoms with Crippen LogP contribution in [0, 0.1) is 13.8 Å². The quantitative estimate of drug-likeness (QED) is 0.176. The summed E-state index contributed by atoms with van der Waals surface area (Å²) in [6.07, 6.45) is 1.48. The lowest BCUT2D eigenvalue weighted by Crippen LogP contribution is -2.55.